The fraction of sp³-hybridized carbons (Fsp3) is 0.250. The van der Waals surface area contributed by atoms with E-state index in [2.05, 4.69) is 15.3 Å². The van der Waals surface area contributed by atoms with Gasteiger partial charge < -0.3 is 4.98 Å². The van der Waals surface area contributed by atoms with E-state index < -0.39 is 0 Å². The van der Waals surface area contributed by atoms with Gasteiger partial charge in [0.25, 0.3) is 5.91 Å². The Bertz CT molecular complexity index is 1090. The SMILES string of the molecule is Cc1c(C(=O)Nc2ncc(Cc3ccc(Cl)cc3Cl)s2)[nH]c2c1C(=O)CCC2. The van der Waals surface area contributed by atoms with Crippen LogP contribution in [0.4, 0.5) is 5.13 Å². The summed E-state index contributed by atoms with van der Waals surface area (Å²) in [4.78, 5) is 33.2. The lowest BCUT2D eigenvalue weighted by Gasteiger charge is -2.09. The quantitative estimate of drug-likeness (QED) is 0.574. The Morgan fingerprint density at radius 3 is 2.89 bits per heavy atom. The summed E-state index contributed by atoms with van der Waals surface area (Å²) in [5, 5.41) is 4.52. The highest BCUT2D eigenvalue weighted by molar-refractivity contribution is 7.15. The molecule has 5 nitrogen and oxygen atoms in total. The number of rotatable bonds is 4. The highest BCUT2D eigenvalue weighted by atomic mass is 35.5. The third-order valence-electron chi connectivity index (χ3n) is 4.82. The van der Waals surface area contributed by atoms with Crippen molar-refractivity contribution in [3.05, 3.63) is 67.4 Å². The molecule has 1 aliphatic carbocycles. The van der Waals surface area contributed by atoms with Crippen LogP contribution < -0.4 is 5.32 Å². The Labute approximate surface area is 176 Å². The van der Waals surface area contributed by atoms with E-state index in [1.807, 2.05) is 13.0 Å². The lowest BCUT2D eigenvalue weighted by Crippen LogP contribution is -2.13. The second-order valence-electron chi connectivity index (χ2n) is 6.75. The third kappa shape index (κ3) is 3.72. The van der Waals surface area contributed by atoms with Crippen molar-refractivity contribution in [2.24, 2.45) is 0 Å². The van der Waals surface area contributed by atoms with Crippen LogP contribution >= 0.6 is 34.5 Å². The normalized spacial score (nSPS) is 13.5. The maximum Gasteiger partial charge on any atom is 0.274 e. The molecule has 1 aromatic carbocycles. The van der Waals surface area contributed by atoms with E-state index in [4.69, 9.17) is 23.2 Å². The molecule has 4 rings (SSSR count). The van der Waals surface area contributed by atoms with Gasteiger partial charge in [0.15, 0.2) is 10.9 Å². The van der Waals surface area contributed by atoms with Crippen LogP contribution in [0.15, 0.2) is 24.4 Å². The van der Waals surface area contributed by atoms with Crippen LogP contribution in [0.3, 0.4) is 0 Å². The number of ketones is 1. The predicted octanol–water partition coefficient (Wildman–Crippen LogP) is 5.45. The van der Waals surface area contributed by atoms with Crippen molar-refractivity contribution in [1.29, 1.82) is 0 Å². The first-order valence-electron chi connectivity index (χ1n) is 8.87. The van der Waals surface area contributed by atoms with Crippen LogP contribution in [0.5, 0.6) is 0 Å². The van der Waals surface area contributed by atoms with Crippen molar-refractivity contribution >= 4 is 51.4 Å². The highest BCUT2D eigenvalue weighted by Crippen LogP contribution is 2.29. The molecule has 2 heterocycles. The molecule has 0 unspecified atom stereocenters. The summed E-state index contributed by atoms with van der Waals surface area (Å²) < 4.78 is 0. The largest absolute Gasteiger partial charge is 0.354 e. The van der Waals surface area contributed by atoms with Crippen LogP contribution in [0.2, 0.25) is 10.0 Å². The molecule has 0 saturated heterocycles. The van der Waals surface area contributed by atoms with Gasteiger partial charge in [0.2, 0.25) is 0 Å². The Morgan fingerprint density at radius 1 is 1.32 bits per heavy atom. The number of aromatic amines is 1. The maximum absolute atomic E-state index is 12.7. The lowest BCUT2D eigenvalue weighted by molar-refractivity contribution is 0.0971. The Morgan fingerprint density at radius 2 is 2.14 bits per heavy atom. The predicted molar refractivity (Wildman–Crippen MR) is 112 cm³/mol. The molecule has 0 radical (unpaired) electrons. The molecule has 28 heavy (non-hydrogen) atoms. The average molecular weight is 434 g/mol. The highest BCUT2D eigenvalue weighted by Gasteiger charge is 2.26. The number of Topliss-reactive ketones (excluding diaryl/α,β-unsaturated/α-hetero) is 1. The molecule has 0 saturated carbocycles. The number of aryl methyl sites for hydroxylation is 1. The van der Waals surface area contributed by atoms with Crippen molar-refractivity contribution in [2.75, 3.05) is 5.32 Å². The van der Waals surface area contributed by atoms with Gasteiger partial charge in [-0.25, -0.2) is 4.98 Å². The van der Waals surface area contributed by atoms with Gasteiger partial charge in [-0.3, -0.25) is 14.9 Å². The molecule has 0 atom stereocenters. The molecule has 8 heteroatoms. The number of H-pyrrole nitrogens is 1. The summed E-state index contributed by atoms with van der Waals surface area (Å²) in [6, 6.07) is 5.38. The van der Waals surface area contributed by atoms with Gasteiger partial charge in [-0.2, -0.15) is 0 Å². The van der Waals surface area contributed by atoms with Crippen LogP contribution in [0.25, 0.3) is 0 Å². The van der Waals surface area contributed by atoms with E-state index in [9.17, 15) is 9.59 Å². The Hall–Kier alpha value is -2.15. The van der Waals surface area contributed by atoms with E-state index in [1.165, 1.54) is 11.3 Å². The number of amides is 1. The smallest absolute Gasteiger partial charge is 0.274 e. The summed E-state index contributed by atoms with van der Waals surface area (Å²) in [6.07, 6.45) is 4.47. The van der Waals surface area contributed by atoms with Gasteiger partial charge in [0.1, 0.15) is 5.69 Å². The van der Waals surface area contributed by atoms with E-state index in [0.717, 1.165) is 29.0 Å². The third-order valence-corrected chi connectivity index (χ3v) is 6.32. The van der Waals surface area contributed by atoms with E-state index in [-0.39, 0.29) is 11.7 Å². The fourth-order valence-electron chi connectivity index (χ4n) is 3.46. The summed E-state index contributed by atoms with van der Waals surface area (Å²) in [7, 11) is 0. The first kappa shape index (κ1) is 19.2. The van der Waals surface area contributed by atoms with Crippen molar-refractivity contribution in [3.8, 4) is 0 Å². The molecule has 0 aliphatic heterocycles. The molecule has 144 valence electrons. The van der Waals surface area contributed by atoms with Crippen LogP contribution in [-0.2, 0) is 12.8 Å². The molecule has 1 aliphatic rings. The monoisotopic (exact) mass is 433 g/mol. The number of hydrogen-bond donors (Lipinski definition) is 2. The summed E-state index contributed by atoms with van der Waals surface area (Å²) in [5.41, 5.74) is 3.61. The molecule has 3 aromatic rings. The van der Waals surface area contributed by atoms with E-state index in [0.29, 0.717) is 44.8 Å². The minimum atomic E-state index is -0.287. The van der Waals surface area contributed by atoms with Crippen LogP contribution in [-0.4, -0.2) is 21.7 Å². The number of nitrogens with zero attached hydrogens (tertiary/aromatic N) is 1. The molecule has 0 bridgehead atoms. The Balaban J connectivity index is 1.50. The number of anilines is 1. The van der Waals surface area contributed by atoms with Gasteiger partial charge in [-0.05, 0) is 43.0 Å². The zero-order chi connectivity index (χ0) is 19.8. The van der Waals surface area contributed by atoms with Gasteiger partial charge in [-0.1, -0.05) is 29.3 Å². The average Bonchev–Trinajstić information content (AvgIpc) is 3.22. The number of aromatic nitrogens is 2. The molecular formula is C20H17Cl2N3O2S. The topological polar surface area (TPSA) is 74.8 Å². The molecule has 2 aromatic heterocycles. The molecule has 2 N–H and O–H groups in total. The Kier molecular flexibility index (Phi) is 5.27. The first-order valence-corrected chi connectivity index (χ1v) is 10.4. The summed E-state index contributed by atoms with van der Waals surface area (Å²) >= 11 is 13.6. The molecule has 1 amide bonds. The number of benzene rings is 1. The van der Waals surface area contributed by atoms with Gasteiger partial charge in [0.05, 0.1) is 0 Å². The zero-order valence-electron chi connectivity index (χ0n) is 15.1. The summed E-state index contributed by atoms with van der Waals surface area (Å²) in [5.74, 6) is -0.185. The fourth-order valence-corrected chi connectivity index (χ4v) is 4.77. The van der Waals surface area contributed by atoms with Crippen molar-refractivity contribution in [1.82, 2.24) is 9.97 Å². The van der Waals surface area contributed by atoms with Crippen molar-refractivity contribution in [2.45, 2.75) is 32.6 Å². The van der Waals surface area contributed by atoms with Gasteiger partial charge in [0, 0.05) is 45.2 Å². The number of carbonyl (C=O) groups excluding carboxylic acids is 2. The van der Waals surface area contributed by atoms with Gasteiger partial charge >= 0.3 is 0 Å². The standard InChI is InChI=1S/C20H17Cl2N3O2S/c1-10-17-15(3-2-4-16(17)26)24-18(10)19(27)25-20-23-9-13(28-20)7-11-5-6-12(21)8-14(11)22/h5-6,8-9,24H,2-4,7H2,1H3,(H,23,25,27). The van der Waals surface area contributed by atoms with E-state index in [1.54, 1.807) is 18.3 Å². The number of carbonyl (C=O) groups is 2. The van der Waals surface area contributed by atoms with E-state index >= 15 is 0 Å². The zero-order valence-corrected chi connectivity index (χ0v) is 17.4. The number of fused-ring (bicyclic) bond motifs is 1. The second kappa shape index (κ2) is 7.70. The number of thiazole rings is 1. The minimum absolute atomic E-state index is 0.102. The van der Waals surface area contributed by atoms with Crippen molar-refractivity contribution < 1.29 is 9.59 Å². The van der Waals surface area contributed by atoms with Crippen LogP contribution in [0.1, 0.15) is 55.4 Å². The number of nitrogens with one attached hydrogen (secondary N) is 2. The first-order chi connectivity index (χ1) is 13.4. The number of hydrogen-bond acceptors (Lipinski definition) is 4. The lowest BCUT2D eigenvalue weighted by atomic mass is 9.94. The van der Waals surface area contributed by atoms with Crippen molar-refractivity contribution in [3.63, 3.8) is 0 Å². The van der Waals surface area contributed by atoms with Crippen LogP contribution in [0, 0.1) is 6.92 Å². The summed E-state index contributed by atoms with van der Waals surface area (Å²) in [6.45, 7) is 1.81. The molecular weight excluding hydrogens is 417 g/mol. The second-order valence-corrected chi connectivity index (χ2v) is 8.71. The molecule has 0 spiro atoms. The number of halogens is 2. The molecule has 0 fully saturated rings. The maximum atomic E-state index is 12.7. The minimum Gasteiger partial charge on any atom is -0.354 e. The van der Waals surface area contributed by atoms with Gasteiger partial charge in [-0.15, -0.1) is 11.3 Å².